The van der Waals surface area contributed by atoms with E-state index in [9.17, 15) is 22.8 Å². The van der Waals surface area contributed by atoms with Gasteiger partial charge in [0.1, 0.15) is 23.6 Å². The number of aromatic nitrogens is 1. The smallest absolute Gasteiger partial charge is 0.490 e. The number of amides is 1. The third-order valence-electron chi connectivity index (χ3n) is 10.5. The number of hydrogen-bond donors (Lipinski definition) is 2. The second kappa shape index (κ2) is 17.7. The second-order valence-corrected chi connectivity index (χ2v) is 15.0. The first-order chi connectivity index (χ1) is 25.7. The highest BCUT2D eigenvalue weighted by Crippen LogP contribution is 2.38. The molecule has 2 aliphatic heterocycles. The highest BCUT2D eigenvalue weighted by atomic mass is 19.4. The number of carboxylic acids is 1. The number of allylic oxidation sites excluding steroid dienone is 1. The molecule has 2 N–H and O–H groups in total. The Kier molecular flexibility index (Phi) is 13.3. The van der Waals surface area contributed by atoms with Crippen molar-refractivity contribution in [2.75, 3.05) is 27.3 Å². The van der Waals surface area contributed by atoms with Gasteiger partial charge in [0.05, 0.1) is 38.0 Å². The maximum absolute atomic E-state index is 14.5. The molecule has 2 aromatic carbocycles. The van der Waals surface area contributed by atoms with Crippen molar-refractivity contribution in [3.8, 4) is 22.8 Å². The van der Waals surface area contributed by atoms with Gasteiger partial charge in [0.15, 0.2) is 0 Å². The number of nitrogens with one attached hydrogen (secondary N) is 1. The molecule has 1 aromatic heterocycles. The molecule has 1 saturated heterocycles. The summed E-state index contributed by atoms with van der Waals surface area (Å²) in [4.78, 5) is 43.3. The van der Waals surface area contributed by atoms with Crippen LogP contribution in [0.1, 0.15) is 77.2 Å². The van der Waals surface area contributed by atoms with Crippen LogP contribution in [0, 0.1) is 11.3 Å². The van der Waals surface area contributed by atoms with Gasteiger partial charge in [-0.25, -0.2) is 14.6 Å². The van der Waals surface area contributed by atoms with Gasteiger partial charge in [0.2, 0.25) is 5.91 Å². The Hall–Kier alpha value is -4.65. The Morgan fingerprint density at radius 1 is 1.04 bits per heavy atom. The fourth-order valence-electron chi connectivity index (χ4n) is 7.60. The van der Waals surface area contributed by atoms with Crippen LogP contribution >= 0.6 is 0 Å². The summed E-state index contributed by atoms with van der Waals surface area (Å²) in [5.74, 6) is -1.52. The van der Waals surface area contributed by atoms with Crippen LogP contribution in [0.4, 0.5) is 13.2 Å². The summed E-state index contributed by atoms with van der Waals surface area (Å²) in [5.41, 5.74) is 3.53. The van der Waals surface area contributed by atoms with Gasteiger partial charge in [-0.3, -0.25) is 4.79 Å². The van der Waals surface area contributed by atoms with E-state index in [0.717, 1.165) is 85.0 Å². The molecule has 13 heteroatoms. The number of alkyl halides is 3. The molecule has 3 heterocycles. The SMILES string of the molecule is COC(=O)[C@@H]1C[C@@H]2CN1C(=O)[C@H](C1CCCCC1)NCCCC(C)(C)C/C=C/c1cc3c(cc(-c4ccccc4)nc3cc1OC)O2.O=C(O)C(F)(F)F. The average Bonchev–Trinajstić information content (AvgIpc) is 3.58. The molecule has 2 fully saturated rings. The zero-order valence-electron chi connectivity index (χ0n) is 31.3. The van der Waals surface area contributed by atoms with Gasteiger partial charge in [-0.05, 0) is 56.0 Å². The Balaban J connectivity index is 0.000000730. The first-order valence-corrected chi connectivity index (χ1v) is 18.5. The summed E-state index contributed by atoms with van der Waals surface area (Å²) in [6.45, 7) is 5.65. The first-order valence-electron chi connectivity index (χ1n) is 18.5. The van der Waals surface area contributed by atoms with Gasteiger partial charge in [-0.1, -0.05) is 75.6 Å². The number of carboxylic acid groups (broad SMARTS) is 1. The molecule has 10 nitrogen and oxygen atoms in total. The van der Waals surface area contributed by atoms with Gasteiger partial charge in [-0.2, -0.15) is 13.2 Å². The summed E-state index contributed by atoms with van der Waals surface area (Å²) in [6, 6.07) is 15.0. The van der Waals surface area contributed by atoms with E-state index in [1.54, 1.807) is 12.0 Å². The van der Waals surface area contributed by atoms with E-state index in [2.05, 4.69) is 37.4 Å². The summed E-state index contributed by atoms with van der Waals surface area (Å²) >= 11 is 0. The maximum atomic E-state index is 14.5. The van der Waals surface area contributed by atoms with Crippen LogP contribution in [0.25, 0.3) is 28.2 Å². The molecule has 1 amide bonds. The Bertz CT molecular complexity index is 1810. The number of fused-ring (bicyclic) bond motifs is 3. The molecule has 6 rings (SSSR count). The van der Waals surface area contributed by atoms with Gasteiger partial charge >= 0.3 is 18.1 Å². The number of ether oxygens (including phenoxy) is 3. The van der Waals surface area contributed by atoms with E-state index in [0.29, 0.717) is 18.7 Å². The van der Waals surface area contributed by atoms with Crippen molar-refractivity contribution in [1.82, 2.24) is 15.2 Å². The lowest BCUT2D eigenvalue weighted by Crippen LogP contribution is -2.54. The van der Waals surface area contributed by atoms with Gasteiger partial charge < -0.3 is 29.5 Å². The van der Waals surface area contributed by atoms with Crippen LogP contribution in [0.2, 0.25) is 0 Å². The van der Waals surface area contributed by atoms with Crippen LogP contribution in [0.5, 0.6) is 11.5 Å². The van der Waals surface area contributed by atoms with E-state index in [1.807, 2.05) is 42.5 Å². The largest absolute Gasteiger partial charge is 0.496 e. The maximum Gasteiger partial charge on any atom is 0.490 e. The van der Waals surface area contributed by atoms with Crippen LogP contribution in [-0.2, 0) is 19.1 Å². The molecular weight excluding hydrogens is 703 g/mol. The molecule has 3 atom stereocenters. The summed E-state index contributed by atoms with van der Waals surface area (Å²) in [5, 5.41) is 11.7. The van der Waals surface area contributed by atoms with Crippen LogP contribution in [0.15, 0.2) is 54.6 Å². The van der Waals surface area contributed by atoms with Crippen molar-refractivity contribution in [2.45, 2.75) is 96.0 Å². The number of hydrogen-bond acceptors (Lipinski definition) is 8. The standard InChI is InChI=1S/C39H49N3O5.C2HF3O2/c1-39(2)18-11-17-28-21-30-32(24-34(28)45-3)41-31(26-13-7-5-8-14-26)23-35(30)47-29-22-33(38(44)46-4)42(25-29)37(43)36(40-20-12-19-39)27-15-9-6-10-16-27;3-2(4,5)1(6)7/h5,7-8,11,13-14,17,21,23-24,27,29,33,36,40H,6,9-10,12,15-16,18-20,22,25H2,1-4H3;(H,6,7)/b17-11+;/t29-,33+,36+;/m1./s1. The minimum atomic E-state index is -5.08. The molecule has 4 bridgehead atoms. The van der Waals surface area contributed by atoms with Crippen molar-refractivity contribution in [3.05, 3.63) is 60.2 Å². The molecule has 292 valence electrons. The lowest BCUT2D eigenvalue weighted by atomic mass is 9.82. The number of methoxy groups -OCH3 is 2. The number of carbonyl (C=O) groups is 3. The Morgan fingerprint density at radius 2 is 1.74 bits per heavy atom. The average molecular weight is 754 g/mol. The van der Waals surface area contributed by atoms with E-state index in [-0.39, 0.29) is 23.3 Å². The quantitative estimate of drug-likeness (QED) is 0.257. The number of nitrogens with zero attached hydrogens (tertiary/aromatic N) is 2. The molecule has 0 spiro atoms. The molecule has 3 aromatic rings. The van der Waals surface area contributed by atoms with Crippen molar-refractivity contribution >= 4 is 34.8 Å². The Labute approximate surface area is 314 Å². The fraction of sp³-hybridized carbons (Fsp3) is 0.512. The predicted octanol–water partition coefficient (Wildman–Crippen LogP) is 7.83. The van der Waals surface area contributed by atoms with Crippen LogP contribution in [0.3, 0.4) is 0 Å². The number of rotatable bonds is 4. The number of pyridine rings is 1. The molecular formula is C41H50F3N3O7. The van der Waals surface area contributed by atoms with E-state index in [4.69, 9.17) is 29.1 Å². The predicted molar refractivity (Wildman–Crippen MR) is 199 cm³/mol. The number of benzene rings is 2. The van der Waals surface area contributed by atoms with Gasteiger partial charge in [0, 0.05) is 35.1 Å². The molecule has 3 aliphatic rings. The van der Waals surface area contributed by atoms with Crippen LogP contribution in [-0.4, -0.2) is 84.5 Å². The van der Waals surface area contributed by atoms with E-state index in [1.165, 1.54) is 13.5 Å². The minimum Gasteiger partial charge on any atom is -0.496 e. The molecule has 1 aliphatic carbocycles. The number of aliphatic carboxylic acids is 1. The monoisotopic (exact) mass is 753 g/mol. The van der Waals surface area contributed by atoms with E-state index < -0.39 is 30.3 Å². The minimum absolute atomic E-state index is 0.0155. The molecule has 1 saturated carbocycles. The number of esters is 1. The zero-order chi connectivity index (χ0) is 39.0. The lowest BCUT2D eigenvalue weighted by molar-refractivity contribution is -0.192. The molecule has 0 radical (unpaired) electrons. The lowest BCUT2D eigenvalue weighted by Gasteiger charge is -2.34. The summed E-state index contributed by atoms with van der Waals surface area (Å²) in [7, 11) is 3.08. The summed E-state index contributed by atoms with van der Waals surface area (Å²) in [6.07, 6.45) is 7.65. The first kappa shape index (κ1) is 40.5. The van der Waals surface area contributed by atoms with E-state index >= 15 is 0 Å². The second-order valence-electron chi connectivity index (χ2n) is 15.0. The summed E-state index contributed by atoms with van der Waals surface area (Å²) < 4.78 is 49.6. The number of carbonyl (C=O) groups excluding carboxylic acids is 2. The highest BCUT2D eigenvalue weighted by Gasteiger charge is 2.45. The van der Waals surface area contributed by atoms with Crippen molar-refractivity contribution in [2.24, 2.45) is 11.3 Å². The van der Waals surface area contributed by atoms with Crippen molar-refractivity contribution in [3.63, 3.8) is 0 Å². The number of halogens is 3. The highest BCUT2D eigenvalue weighted by molar-refractivity contribution is 5.92. The zero-order valence-corrected chi connectivity index (χ0v) is 31.3. The normalized spacial score (nSPS) is 23.0. The topological polar surface area (TPSA) is 127 Å². The Morgan fingerprint density at radius 3 is 2.39 bits per heavy atom. The third kappa shape index (κ3) is 10.1. The van der Waals surface area contributed by atoms with Gasteiger partial charge in [-0.15, -0.1) is 0 Å². The third-order valence-corrected chi connectivity index (χ3v) is 10.5. The fourth-order valence-corrected chi connectivity index (χ4v) is 7.60. The van der Waals surface area contributed by atoms with Crippen LogP contribution < -0.4 is 14.8 Å². The van der Waals surface area contributed by atoms with Gasteiger partial charge in [0.25, 0.3) is 0 Å². The molecule has 0 unspecified atom stereocenters. The van der Waals surface area contributed by atoms with Crippen molar-refractivity contribution in [1.29, 1.82) is 0 Å². The van der Waals surface area contributed by atoms with Crippen molar-refractivity contribution < 1.29 is 46.9 Å². The molecule has 54 heavy (non-hydrogen) atoms.